The van der Waals surface area contributed by atoms with Gasteiger partial charge in [-0.2, -0.15) is 4.31 Å². The number of benzene rings is 3. The fourth-order valence-electron chi connectivity index (χ4n) is 3.88. The number of carbonyl (C=O) groups is 1. The van der Waals surface area contributed by atoms with Gasteiger partial charge in [0.05, 0.1) is 26.2 Å². The molecule has 0 bridgehead atoms. The van der Waals surface area contributed by atoms with E-state index in [2.05, 4.69) is 5.32 Å². The normalized spacial score (nSPS) is 14.7. The maximum Gasteiger partial charge on any atom is 0.246 e. The summed E-state index contributed by atoms with van der Waals surface area (Å²) in [5.74, 6) is -0.580. The maximum atomic E-state index is 13.4. The van der Waals surface area contributed by atoms with E-state index in [1.54, 1.807) is 12.1 Å². The molecule has 1 saturated heterocycles. The Morgan fingerprint density at radius 3 is 2.06 bits per heavy atom. The van der Waals surface area contributed by atoms with Crippen molar-refractivity contribution in [3.8, 4) is 5.75 Å². The van der Waals surface area contributed by atoms with Gasteiger partial charge in [-0.1, -0.05) is 60.7 Å². The number of anilines is 1. The Kier molecular flexibility index (Phi) is 7.08. The molecule has 33 heavy (non-hydrogen) atoms. The van der Waals surface area contributed by atoms with Crippen LogP contribution in [0.4, 0.5) is 5.69 Å². The van der Waals surface area contributed by atoms with Crippen LogP contribution in [0, 0.1) is 0 Å². The summed E-state index contributed by atoms with van der Waals surface area (Å²) in [6, 6.07) is 23.6. The highest BCUT2D eigenvalue weighted by Gasteiger charge is 2.30. The quantitative estimate of drug-likeness (QED) is 0.576. The van der Waals surface area contributed by atoms with E-state index in [1.165, 1.54) is 17.5 Å². The molecular formula is C25H26N2O5S. The minimum atomic E-state index is -3.81. The summed E-state index contributed by atoms with van der Waals surface area (Å²) in [7, 11) is -2.39. The molecule has 1 amide bonds. The largest absolute Gasteiger partial charge is 0.495 e. The summed E-state index contributed by atoms with van der Waals surface area (Å²) in [5, 5.41) is 2.90. The fourth-order valence-corrected chi connectivity index (χ4v) is 5.47. The number of hydrogen-bond donors (Lipinski definition) is 1. The highest BCUT2D eigenvalue weighted by molar-refractivity contribution is 7.89. The summed E-state index contributed by atoms with van der Waals surface area (Å²) in [5.41, 5.74) is 2.07. The summed E-state index contributed by atoms with van der Waals surface area (Å²) < 4.78 is 38.5. The van der Waals surface area contributed by atoms with Crippen LogP contribution < -0.4 is 10.1 Å². The third-order valence-electron chi connectivity index (χ3n) is 5.55. The molecule has 1 aliphatic rings. The van der Waals surface area contributed by atoms with E-state index in [4.69, 9.17) is 9.47 Å². The lowest BCUT2D eigenvalue weighted by atomic mass is 9.90. The van der Waals surface area contributed by atoms with Crippen LogP contribution in [0.1, 0.15) is 17.0 Å². The third kappa shape index (κ3) is 5.08. The van der Waals surface area contributed by atoms with Gasteiger partial charge in [0.25, 0.3) is 0 Å². The molecular weight excluding hydrogens is 440 g/mol. The van der Waals surface area contributed by atoms with Crippen LogP contribution >= 0.6 is 0 Å². The predicted octanol–water partition coefficient (Wildman–Crippen LogP) is 3.49. The monoisotopic (exact) mass is 466 g/mol. The average Bonchev–Trinajstić information content (AvgIpc) is 2.86. The van der Waals surface area contributed by atoms with E-state index in [1.807, 2.05) is 60.7 Å². The highest BCUT2D eigenvalue weighted by Crippen LogP contribution is 2.32. The Morgan fingerprint density at radius 2 is 1.52 bits per heavy atom. The van der Waals surface area contributed by atoms with E-state index in [-0.39, 0.29) is 29.6 Å². The average molecular weight is 467 g/mol. The molecule has 1 fully saturated rings. The first-order chi connectivity index (χ1) is 16.0. The number of morpholine rings is 1. The SMILES string of the molecule is COc1ccc(NC(=O)C(c2ccccc2)c2ccccc2)cc1S(=O)(=O)N1CCOCC1. The van der Waals surface area contributed by atoms with Crippen molar-refractivity contribution in [1.29, 1.82) is 0 Å². The molecule has 0 spiro atoms. The highest BCUT2D eigenvalue weighted by atomic mass is 32.2. The lowest BCUT2D eigenvalue weighted by molar-refractivity contribution is -0.116. The van der Waals surface area contributed by atoms with E-state index in [0.29, 0.717) is 18.9 Å². The van der Waals surface area contributed by atoms with Gasteiger partial charge in [0, 0.05) is 18.8 Å². The Bertz CT molecular complexity index is 1150. The van der Waals surface area contributed by atoms with Gasteiger partial charge in [0.15, 0.2) is 0 Å². The molecule has 0 aromatic heterocycles. The molecule has 0 radical (unpaired) electrons. The van der Waals surface area contributed by atoms with Crippen LogP contribution in [0.15, 0.2) is 83.8 Å². The van der Waals surface area contributed by atoms with Gasteiger partial charge in [-0.25, -0.2) is 8.42 Å². The minimum Gasteiger partial charge on any atom is -0.495 e. The lowest BCUT2D eigenvalue weighted by Crippen LogP contribution is -2.40. The zero-order valence-corrected chi connectivity index (χ0v) is 19.1. The van der Waals surface area contributed by atoms with Crippen molar-refractivity contribution >= 4 is 21.6 Å². The zero-order chi connectivity index (χ0) is 23.3. The molecule has 3 aromatic carbocycles. The Labute approximate surface area is 194 Å². The van der Waals surface area contributed by atoms with Crippen LogP contribution in [0.2, 0.25) is 0 Å². The molecule has 7 nitrogen and oxygen atoms in total. The van der Waals surface area contributed by atoms with Crippen molar-refractivity contribution in [2.24, 2.45) is 0 Å². The molecule has 8 heteroatoms. The second-order valence-electron chi connectivity index (χ2n) is 7.63. The molecule has 3 aromatic rings. The second-order valence-corrected chi connectivity index (χ2v) is 9.53. The van der Waals surface area contributed by atoms with Crippen molar-refractivity contribution in [2.75, 3.05) is 38.7 Å². The summed E-state index contributed by atoms with van der Waals surface area (Å²) >= 11 is 0. The van der Waals surface area contributed by atoms with Gasteiger partial charge in [0.2, 0.25) is 15.9 Å². The number of methoxy groups -OCH3 is 1. The fraction of sp³-hybridized carbons (Fsp3) is 0.240. The van der Waals surface area contributed by atoms with Crippen molar-refractivity contribution in [1.82, 2.24) is 4.31 Å². The number of nitrogens with one attached hydrogen (secondary N) is 1. The van der Waals surface area contributed by atoms with Gasteiger partial charge >= 0.3 is 0 Å². The van der Waals surface area contributed by atoms with Gasteiger partial charge in [0.1, 0.15) is 10.6 Å². The number of nitrogens with zero attached hydrogens (tertiary/aromatic N) is 1. The molecule has 0 aliphatic carbocycles. The second kappa shape index (κ2) is 10.2. The Morgan fingerprint density at radius 1 is 0.939 bits per heavy atom. The van der Waals surface area contributed by atoms with Crippen molar-refractivity contribution in [2.45, 2.75) is 10.8 Å². The number of carbonyl (C=O) groups excluding carboxylic acids is 1. The number of ether oxygens (including phenoxy) is 2. The summed E-state index contributed by atoms with van der Waals surface area (Å²) in [4.78, 5) is 13.4. The molecule has 4 rings (SSSR count). The summed E-state index contributed by atoms with van der Waals surface area (Å²) in [6.45, 7) is 1.22. The number of amides is 1. The number of rotatable bonds is 7. The van der Waals surface area contributed by atoms with Gasteiger partial charge in [-0.15, -0.1) is 0 Å². The van der Waals surface area contributed by atoms with Gasteiger partial charge in [-0.3, -0.25) is 4.79 Å². The molecule has 0 saturated carbocycles. The van der Waals surface area contributed by atoms with E-state index in [9.17, 15) is 13.2 Å². The third-order valence-corrected chi connectivity index (χ3v) is 7.47. The van der Waals surface area contributed by atoms with Crippen LogP contribution in [-0.4, -0.2) is 52.0 Å². The molecule has 0 atom stereocenters. The Balaban J connectivity index is 1.66. The van der Waals surface area contributed by atoms with Gasteiger partial charge < -0.3 is 14.8 Å². The topological polar surface area (TPSA) is 84.9 Å². The smallest absolute Gasteiger partial charge is 0.246 e. The maximum absolute atomic E-state index is 13.4. The van der Waals surface area contributed by atoms with Crippen molar-refractivity contribution in [3.05, 3.63) is 90.0 Å². The van der Waals surface area contributed by atoms with Crippen molar-refractivity contribution < 1.29 is 22.7 Å². The van der Waals surface area contributed by atoms with E-state index >= 15 is 0 Å². The number of hydrogen-bond acceptors (Lipinski definition) is 5. The van der Waals surface area contributed by atoms with Crippen LogP contribution in [-0.2, 0) is 19.6 Å². The van der Waals surface area contributed by atoms with Crippen LogP contribution in [0.25, 0.3) is 0 Å². The Hall–Kier alpha value is -3.20. The molecule has 172 valence electrons. The van der Waals surface area contributed by atoms with E-state index in [0.717, 1.165) is 11.1 Å². The molecule has 1 aliphatic heterocycles. The van der Waals surface area contributed by atoms with Crippen LogP contribution in [0.5, 0.6) is 5.75 Å². The molecule has 1 N–H and O–H groups in total. The van der Waals surface area contributed by atoms with Crippen LogP contribution in [0.3, 0.4) is 0 Å². The minimum absolute atomic E-state index is 0.0145. The first-order valence-electron chi connectivity index (χ1n) is 10.7. The standard InChI is InChI=1S/C25H26N2O5S/c1-31-22-13-12-21(18-23(22)33(29,30)27-14-16-32-17-15-27)26-25(28)24(19-8-4-2-5-9-19)20-10-6-3-7-11-20/h2-13,18,24H,14-17H2,1H3,(H,26,28). The predicted molar refractivity (Wildman–Crippen MR) is 126 cm³/mol. The van der Waals surface area contributed by atoms with Crippen molar-refractivity contribution in [3.63, 3.8) is 0 Å². The van der Waals surface area contributed by atoms with E-state index < -0.39 is 15.9 Å². The first-order valence-corrected chi connectivity index (χ1v) is 12.1. The summed E-state index contributed by atoms with van der Waals surface area (Å²) in [6.07, 6.45) is 0. The molecule has 0 unspecified atom stereocenters. The molecule has 1 heterocycles. The lowest BCUT2D eigenvalue weighted by Gasteiger charge is -2.27. The first kappa shape index (κ1) is 23.0. The zero-order valence-electron chi connectivity index (χ0n) is 18.3. The number of sulfonamides is 1. The van der Waals surface area contributed by atoms with Gasteiger partial charge in [-0.05, 0) is 29.3 Å².